The smallest absolute Gasteiger partial charge is 0.0227 e. The first kappa shape index (κ1) is 13.6. The molecule has 4 fully saturated rings. The molecule has 4 aliphatic rings. The van der Waals surface area contributed by atoms with Crippen LogP contribution in [-0.2, 0) is 0 Å². The Morgan fingerprint density at radius 2 is 1.65 bits per heavy atom. The highest BCUT2D eigenvalue weighted by Gasteiger charge is 2.70. The van der Waals surface area contributed by atoms with Crippen molar-refractivity contribution in [3.63, 3.8) is 0 Å². The Kier molecular flexibility index (Phi) is 2.63. The first-order valence-corrected chi connectivity index (χ1v) is 9.29. The van der Waals surface area contributed by atoms with Gasteiger partial charge in [-0.15, -0.1) is 0 Å². The zero-order valence-electron chi connectivity index (χ0n) is 14.3. The molecular formula is C20H34. The van der Waals surface area contributed by atoms with Gasteiger partial charge in [0.25, 0.3) is 0 Å². The monoisotopic (exact) mass is 274 g/mol. The number of hydrogen-bond acceptors (Lipinski definition) is 0. The van der Waals surface area contributed by atoms with Crippen molar-refractivity contribution in [1.29, 1.82) is 0 Å². The Balaban J connectivity index is 1.78. The van der Waals surface area contributed by atoms with Gasteiger partial charge in [-0.05, 0) is 84.4 Å². The van der Waals surface area contributed by atoms with E-state index in [9.17, 15) is 0 Å². The summed E-state index contributed by atoms with van der Waals surface area (Å²) >= 11 is 0. The molecule has 4 rings (SSSR count). The third-order valence-electron chi connectivity index (χ3n) is 8.56. The standard InChI is InChI=1S/C20H34/c1-13-6-7-15-14(2)10-16-17-18(3,4)8-9-19(17,5)12-20(15,16)11-13/h13-17H,6-12H2,1-5H3. The van der Waals surface area contributed by atoms with Gasteiger partial charge in [0.1, 0.15) is 0 Å². The Bertz CT molecular complexity index is 422. The first-order chi connectivity index (χ1) is 9.29. The molecule has 0 heterocycles. The van der Waals surface area contributed by atoms with Crippen LogP contribution in [0.1, 0.15) is 79.6 Å². The van der Waals surface area contributed by atoms with Crippen LogP contribution in [0, 0.1) is 45.8 Å². The lowest BCUT2D eigenvalue weighted by Gasteiger charge is -2.46. The molecule has 0 N–H and O–H groups in total. The van der Waals surface area contributed by atoms with Crippen molar-refractivity contribution >= 4 is 0 Å². The number of fused-ring (bicyclic) bond motifs is 2. The molecular weight excluding hydrogens is 240 g/mol. The van der Waals surface area contributed by atoms with Crippen molar-refractivity contribution in [2.75, 3.05) is 0 Å². The van der Waals surface area contributed by atoms with Crippen molar-refractivity contribution < 1.29 is 0 Å². The predicted molar refractivity (Wildman–Crippen MR) is 85.4 cm³/mol. The Labute approximate surface area is 126 Å². The van der Waals surface area contributed by atoms with E-state index in [-0.39, 0.29) is 0 Å². The second kappa shape index (κ2) is 3.85. The van der Waals surface area contributed by atoms with Crippen LogP contribution < -0.4 is 0 Å². The van der Waals surface area contributed by atoms with Gasteiger partial charge in [0.05, 0.1) is 0 Å². The number of hydrogen-bond donors (Lipinski definition) is 0. The molecule has 7 atom stereocenters. The summed E-state index contributed by atoms with van der Waals surface area (Å²) < 4.78 is 0. The van der Waals surface area contributed by atoms with Crippen LogP contribution in [0.15, 0.2) is 0 Å². The molecule has 0 heteroatoms. The van der Waals surface area contributed by atoms with Crippen molar-refractivity contribution in [1.82, 2.24) is 0 Å². The summed E-state index contributed by atoms with van der Waals surface area (Å²) in [5.74, 6) is 5.15. The van der Waals surface area contributed by atoms with Crippen LogP contribution in [-0.4, -0.2) is 0 Å². The van der Waals surface area contributed by atoms with Gasteiger partial charge in [0.2, 0.25) is 0 Å². The zero-order valence-corrected chi connectivity index (χ0v) is 14.3. The lowest BCUT2D eigenvalue weighted by molar-refractivity contribution is 0.0341. The van der Waals surface area contributed by atoms with E-state index in [1.165, 1.54) is 19.3 Å². The van der Waals surface area contributed by atoms with Gasteiger partial charge in [0.15, 0.2) is 0 Å². The maximum absolute atomic E-state index is 2.67. The molecule has 114 valence electrons. The van der Waals surface area contributed by atoms with E-state index in [1.807, 2.05) is 0 Å². The summed E-state index contributed by atoms with van der Waals surface area (Å²) in [6.45, 7) is 13.0. The quantitative estimate of drug-likeness (QED) is 0.515. The average molecular weight is 274 g/mol. The molecule has 0 aromatic heterocycles. The second-order valence-corrected chi connectivity index (χ2v) is 10.3. The molecule has 0 aromatic carbocycles. The molecule has 1 spiro atoms. The van der Waals surface area contributed by atoms with Crippen molar-refractivity contribution in [2.24, 2.45) is 45.8 Å². The van der Waals surface area contributed by atoms with Crippen molar-refractivity contribution in [3.8, 4) is 0 Å². The van der Waals surface area contributed by atoms with Crippen molar-refractivity contribution in [2.45, 2.75) is 79.6 Å². The molecule has 0 aliphatic heterocycles. The van der Waals surface area contributed by atoms with E-state index in [0.717, 1.165) is 35.0 Å². The van der Waals surface area contributed by atoms with Gasteiger partial charge in [-0.25, -0.2) is 0 Å². The maximum Gasteiger partial charge on any atom is -0.0227 e. The van der Waals surface area contributed by atoms with E-state index < -0.39 is 0 Å². The van der Waals surface area contributed by atoms with E-state index in [2.05, 4.69) is 34.6 Å². The Morgan fingerprint density at radius 3 is 2.40 bits per heavy atom. The molecule has 0 amide bonds. The topological polar surface area (TPSA) is 0 Å². The highest BCUT2D eigenvalue weighted by Crippen LogP contribution is 2.77. The lowest BCUT2D eigenvalue weighted by Crippen LogP contribution is -2.38. The van der Waals surface area contributed by atoms with Gasteiger partial charge in [-0.1, -0.05) is 41.0 Å². The normalized spacial score (nSPS) is 60.1. The molecule has 0 bridgehead atoms. The lowest BCUT2D eigenvalue weighted by atomic mass is 9.59. The summed E-state index contributed by atoms with van der Waals surface area (Å²) in [6, 6.07) is 0. The van der Waals surface area contributed by atoms with Gasteiger partial charge < -0.3 is 0 Å². The van der Waals surface area contributed by atoms with Crippen molar-refractivity contribution in [3.05, 3.63) is 0 Å². The minimum atomic E-state index is 0.609. The molecule has 20 heavy (non-hydrogen) atoms. The van der Waals surface area contributed by atoms with Gasteiger partial charge in [0, 0.05) is 0 Å². The summed E-state index contributed by atoms with van der Waals surface area (Å²) in [5, 5.41) is 0. The van der Waals surface area contributed by atoms with Crippen LogP contribution in [0.2, 0.25) is 0 Å². The van der Waals surface area contributed by atoms with Crippen LogP contribution >= 0.6 is 0 Å². The summed E-state index contributed by atoms with van der Waals surface area (Å²) in [5.41, 5.74) is 2.05. The molecule has 4 aliphatic carbocycles. The molecule has 0 nitrogen and oxygen atoms in total. The molecule has 4 saturated carbocycles. The van der Waals surface area contributed by atoms with Gasteiger partial charge in [-0.3, -0.25) is 0 Å². The van der Waals surface area contributed by atoms with E-state index in [4.69, 9.17) is 0 Å². The Morgan fingerprint density at radius 1 is 0.900 bits per heavy atom. The van der Waals surface area contributed by atoms with Gasteiger partial charge in [-0.2, -0.15) is 0 Å². The van der Waals surface area contributed by atoms with Crippen LogP contribution in [0.5, 0.6) is 0 Å². The summed E-state index contributed by atoms with van der Waals surface area (Å²) in [6.07, 6.45) is 10.7. The molecule has 0 radical (unpaired) electrons. The number of rotatable bonds is 0. The minimum Gasteiger partial charge on any atom is -0.0625 e. The fraction of sp³-hybridized carbons (Fsp3) is 1.00. The highest BCUT2D eigenvalue weighted by atomic mass is 14.7. The third-order valence-corrected chi connectivity index (χ3v) is 8.56. The van der Waals surface area contributed by atoms with E-state index >= 15 is 0 Å². The van der Waals surface area contributed by atoms with Crippen LogP contribution in [0.4, 0.5) is 0 Å². The van der Waals surface area contributed by atoms with Gasteiger partial charge >= 0.3 is 0 Å². The maximum atomic E-state index is 2.67. The third kappa shape index (κ3) is 1.49. The summed E-state index contributed by atoms with van der Waals surface area (Å²) in [7, 11) is 0. The fourth-order valence-corrected chi connectivity index (χ4v) is 8.38. The fourth-order valence-electron chi connectivity index (χ4n) is 8.38. The SMILES string of the molecule is CC1CCC2C(C)CC3C4C(C)(C)CCC4(C)CC23C1. The molecule has 7 unspecified atom stereocenters. The molecule has 0 saturated heterocycles. The largest absolute Gasteiger partial charge is 0.0625 e. The Hall–Kier alpha value is 0. The van der Waals surface area contributed by atoms with E-state index in [0.29, 0.717) is 10.8 Å². The minimum absolute atomic E-state index is 0.609. The highest BCUT2D eigenvalue weighted by molar-refractivity contribution is 5.19. The van der Waals surface area contributed by atoms with Crippen LogP contribution in [0.3, 0.4) is 0 Å². The first-order valence-electron chi connectivity index (χ1n) is 9.29. The zero-order chi connectivity index (χ0) is 14.3. The summed E-state index contributed by atoms with van der Waals surface area (Å²) in [4.78, 5) is 0. The van der Waals surface area contributed by atoms with Crippen LogP contribution in [0.25, 0.3) is 0 Å². The molecule has 0 aromatic rings. The predicted octanol–water partition coefficient (Wildman–Crippen LogP) is 5.91. The average Bonchev–Trinajstić information content (AvgIpc) is 2.80. The van der Waals surface area contributed by atoms with E-state index in [1.54, 1.807) is 25.7 Å². The second-order valence-electron chi connectivity index (χ2n) is 10.3.